The topological polar surface area (TPSA) is 29.1 Å². The molecule has 0 saturated carbocycles. The number of nitrogens with one attached hydrogen (secondary N) is 1. The number of halogens is 2. The quantitative estimate of drug-likeness (QED) is 0.725. The predicted molar refractivity (Wildman–Crippen MR) is 49.8 cm³/mol. The summed E-state index contributed by atoms with van der Waals surface area (Å²) in [6.07, 6.45) is 2.73. The highest BCUT2D eigenvalue weighted by Gasteiger charge is 2.08. The fraction of sp³-hybridized carbons (Fsp3) is 0.100. The molecule has 0 radical (unpaired) electrons. The van der Waals surface area contributed by atoms with Gasteiger partial charge in [0.15, 0.2) is 11.6 Å². The number of benzene rings is 1. The summed E-state index contributed by atoms with van der Waals surface area (Å²) < 4.78 is 25.7. The number of allylic oxidation sites excluding steroid dienone is 1. The summed E-state index contributed by atoms with van der Waals surface area (Å²) in [7, 11) is 0. The van der Waals surface area contributed by atoms with Gasteiger partial charge >= 0.3 is 0 Å². The lowest BCUT2D eigenvalue weighted by molar-refractivity contribution is -0.111. The van der Waals surface area contributed by atoms with Crippen molar-refractivity contribution in [3.63, 3.8) is 0 Å². The van der Waals surface area contributed by atoms with Crippen LogP contribution in [0.15, 0.2) is 30.4 Å². The van der Waals surface area contributed by atoms with Gasteiger partial charge < -0.3 is 5.32 Å². The first kappa shape index (κ1) is 10.4. The lowest BCUT2D eigenvalue weighted by atomic mass is 10.3. The molecule has 0 aliphatic heterocycles. The van der Waals surface area contributed by atoms with Gasteiger partial charge in [0, 0.05) is 0 Å². The van der Waals surface area contributed by atoms with Crippen molar-refractivity contribution in [1.82, 2.24) is 0 Å². The molecule has 0 aliphatic rings. The van der Waals surface area contributed by atoms with Crippen LogP contribution in [0.1, 0.15) is 6.92 Å². The molecule has 1 N–H and O–H groups in total. The maximum absolute atomic E-state index is 13.0. The van der Waals surface area contributed by atoms with Crippen LogP contribution in [-0.4, -0.2) is 5.91 Å². The van der Waals surface area contributed by atoms with Crippen molar-refractivity contribution in [1.29, 1.82) is 0 Å². The minimum absolute atomic E-state index is 0.159. The first-order chi connectivity index (χ1) is 6.65. The summed E-state index contributed by atoms with van der Waals surface area (Å²) in [6.45, 7) is 1.65. The van der Waals surface area contributed by atoms with Crippen molar-refractivity contribution in [2.45, 2.75) is 6.92 Å². The molecule has 1 aromatic carbocycles. The van der Waals surface area contributed by atoms with E-state index in [2.05, 4.69) is 5.32 Å². The Balaban J connectivity index is 2.87. The van der Waals surface area contributed by atoms with Crippen LogP contribution in [-0.2, 0) is 4.79 Å². The van der Waals surface area contributed by atoms with Gasteiger partial charge in [-0.05, 0) is 25.1 Å². The van der Waals surface area contributed by atoms with Crippen LogP contribution in [0.4, 0.5) is 14.5 Å². The van der Waals surface area contributed by atoms with Crippen LogP contribution in [0.3, 0.4) is 0 Å². The molecule has 0 unspecified atom stereocenters. The smallest absolute Gasteiger partial charge is 0.248 e. The molecular formula is C10H9F2NO. The first-order valence-electron chi connectivity index (χ1n) is 4.03. The number of anilines is 1. The van der Waals surface area contributed by atoms with E-state index in [1.807, 2.05) is 0 Å². The maximum atomic E-state index is 13.0. The van der Waals surface area contributed by atoms with Crippen molar-refractivity contribution < 1.29 is 13.6 Å². The molecule has 0 heterocycles. The monoisotopic (exact) mass is 197 g/mol. The van der Waals surface area contributed by atoms with E-state index < -0.39 is 17.5 Å². The molecule has 1 aromatic rings. The minimum Gasteiger partial charge on any atom is -0.320 e. The van der Waals surface area contributed by atoms with E-state index in [-0.39, 0.29) is 5.69 Å². The average molecular weight is 197 g/mol. The van der Waals surface area contributed by atoms with E-state index in [0.29, 0.717) is 0 Å². The Bertz CT molecular complexity index is 374. The third kappa shape index (κ3) is 2.39. The summed E-state index contributed by atoms with van der Waals surface area (Å²) >= 11 is 0. The highest BCUT2D eigenvalue weighted by molar-refractivity contribution is 5.99. The highest BCUT2D eigenvalue weighted by Crippen LogP contribution is 2.16. The summed E-state index contributed by atoms with van der Waals surface area (Å²) in [5, 5.41) is 2.21. The second-order valence-electron chi connectivity index (χ2n) is 2.59. The van der Waals surface area contributed by atoms with E-state index >= 15 is 0 Å². The molecule has 1 amide bonds. The molecule has 1 rings (SSSR count). The van der Waals surface area contributed by atoms with Gasteiger partial charge in [-0.1, -0.05) is 12.1 Å². The largest absolute Gasteiger partial charge is 0.320 e. The molecule has 14 heavy (non-hydrogen) atoms. The molecule has 0 spiro atoms. The van der Waals surface area contributed by atoms with Crippen molar-refractivity contribution in [3.05, 3.63) is 42.0 Å². The standard InChI is InChI=1S/C10H9F2NO/c1-2-4-9(14)13-8-6-3-5-7(11)10(8)12/h2-6H,1H3,(H,13,14). The van der Waals surface area contributed by atoms with Crippen molar-refractivity contribution in [3.8, 4) is 0 Å². The van der Waals surface area contributed by atoms with Crippen LogP contribution < -0.4 is 5.32 Å². The Labute approximate surface area is 80.2 Å². The Hall–Kier alpha value is -1.71. The summed E-state index contributed by atoms with van der Waals surface area (Å²) in [5.41, 5.74) is -0.159. The second kappa shape index (κ2) is 4.50. The number of carbonyl (C=O) groups excluding carboxylic acids is 1. The van der Waals surface area contributed by atoms with Gasteiger partial charge in [0.2, 0.25) is 5.91 Å². The van der Waals surface area contributed by atoms with Crippen molar-refractivity contribution in [2.75, 3.05) is 5.32 Å². The Morgan fingerprint density at radius 2 is 2.14 bits per heavy atom. The number of hydrogen-bond donors (Lipinski definition) is 1. The molecule has 4 heteroatoms. The van der Waals surface area contributed by atoms with E-state index in [4.69, 9.17) is 0 Å². The Morgan fingerprint density at radius 3 is 2.79 bits per heavy atom. The zero-order valence-corrected chi connectivity index (χ0v) is 7.55. The van der Waals surface area contributed by atoms with Gasteiger partial charge in [-0.25, -0.2) is 8.78 Å². The molecule has 74 valence electrons. The number of carbonyl (C=O) groups is 1. The molecule has 0 atom stereocenters. The fourth-order valence-electron chi connectivity index (χ4n) is 0.926. The van der Waals surface area contributed by atoms with Crippen molar-refractivity contribution in [2.24, 2.45) is 0 Å². The first-order valence-corrected chi connectivity index (χ1v) is 4.03. The zero-order valence-electron chi connectivity index (χ0n) is 7.55. The summed E-state index contributed by atoms with van der Waals surface area (Å²) in [4.78, 5) is 11.0. The van der Waals surface area contributed by atoms with Crippen molar-refractivity contribution >= 4 is 11.6 Å². The van der Waals surface area contributed by atoms with E-state index in [9.17, 15) is 13.6 Å². The highest BCUT2D eigenvalue weighted by atomic mass is 19.2. The predicted octanol–water partition coefficient (Wildman–Crippen LogP) is 2.48. The zero-order chi connectivity index (χ0) is 10.6. The van der Waals surface area contributed by atoms with Gasteiger partial charge in [0.05, 0.1) is 5.69 Å². The SMILES string of the molecule is CC=CC(=O)Nc1cccc(F)c1F. The second-order valence-corrected chi connectivity index (χ2v) is 2.59. The van der Waals surface area contributed by atoms with Crippen LogP contribution >= 0.6 is 0 Å². The lowest BCUT2D eigenvalue weighted by Gasteiger charge is -2.03. The maximum Gasteiger partial charge on any atom is 0.248 e. The summed E-state index contributed by atoms with van der Waals surface area (Å²) in [6, 6.07) is 3.60. The van der Waals surface area contributed by atoms with Crippen LogP contribution in [0, 0.1) is 11.6 Å². The van der Waals surface area contributed by atoms with Crippen LogP contribution in [0.25, 0.3) is 0 Å². The number of amides is 1. The minimum atomic E-state index is -1.05. The molecule has 2 nitrogen and oxygen atoms in total. The third-order valence-electron chi connectivity index (χ3n) is 1.53. The number of hydrogen-bond acceptors (Lipinski definition) is 1. The van der Waals surface area contributed by atoms with Gasteiger partial charge in [-0.2, -0.15) is 0 Å². The lowest BCUT2D eigenvalue weighted by Crippen LogP contribution is -2.09. The van der Waals surface area contributed by atoms with Gasteiger partial charge in [-0.3, -0.25) is 4.79 Å². The van der Waals surface area contributed by atoms with Crippen LogP contribution in [0.5, 0.6) is 0 Å². The summed E-state index contributed by atoms with van der Waals surface area (Å²) in [5.74, 6) is -2.52. The van der Waals surface area contributed by atoms with Gasteiger partial charge in [0.1, 0.15) is 0 Å². The molecule has 0 fully saturated rings. The molecule has 0 aromatic heterocycles. The Morgan fingerprint density at radius 1 is 1.43 bits per heavy atom. The molecule has 0 bridgehead atoms. The average Bonchev–Trinajstić information content (AvgIpc) is 2.13. The van der Waals surface area contributed by atoms with Gasteiger partial charge in [0.25, 0.3) is 0 Å². The molecule has 0 aliphatic carbocycles. The van der Waals surface area contributed by atoms with Gasteiger partial charge in [-0.15, -0.1) is 0 Å². The van der Waals surface area contributed by atoms with E-state index in [1.165, 1.54) is 24.3 Å². The number of rotatable bonds is 2. The normalized spacial score (nSPS) is 10.5. The molecular weight excluding hydrogens is 188 g/mol. The molecule has 0 saturated heterocycles. The van der Waals surface area contributed by atoms with E-state index in [1.54, 1.807) is 6.92 Å². The van der Waals surface area contributed by atoms with Crippen LogP contribution in [0.2, 0.25) is 0 Å². The third-order valence-corrected chi connectivity index (χ3v) is 1.53. The van der Waals surface area contributed by atoms with E-state index in [0.717, 1.165) is 6.07 Å². The fourth-order valence-corrected chi connectivity index (χ4v) is 0.926. The Kier molecular flexibility index (Phi) is 3.34.